The van der Waals surface area contributed by atoms with Crippen LogP contribution in [-0.2, 0) is 4.74 Å². The van der Waals surface area contributed by atoms with E-state index >= 15 is 0 Å². The topological polar surface area (TPSA) is 21.3 Å². The van der Waals surface area contributed by atoms with Crippen molar-refractivity contribution in [2.24, 2.45) is 11.8 Å². The molecular weight excluding hydrogens is 186 g/mol. The lowest BCUT2D eigenvalue weighted by Gasteiger charge is -2.30. The molecule has 0 aromatic carbocycles. The van der Waals surface area contributed by atoms with Gasteiger partial charge in [0.25, 0.3) is 0 Å². The van der Waals surface area contributed by atoms with Gasteiger partial charge in [-0.2, -0.15) is 0 Å². The van der Waals surface area contributed by atoms with Crippen LogP contribution in [0, 0.1) is 11.8 Å². The highest BCUT2D eigenvalue weighted by atomic mass is 16.5. The summed E-state index contributed by atoms with van der Waals surface area (Å²) >= 11 is 0. The maximum atomic E-state index is 5.96. The van der Waals surface area contributed by atoms with Crippen LogP contribution in [0.1, 0.15) is 45.4 Å². The van der Waals surface area contributed by atoms with Gasteiger partial charge in [-0.05, 0) is 31.7 Å². The van der Waals surface area contributed by atoms with Gasteiger partial charge in [0.15, 0.2) is 0 Å². The maximum Gasteiger partial charge on any atom is 0.0644 e. The second-order valence-corrected chi connectivity index (χ2v) is 5.09. The smallest absolute Gasteiger partial charge is 0.0644 e. The summed E-state index contributed by atoms with van der Waals surface area (Å²) in [6.45, 7) is 5.44. The summed E-state index contributed by atoms with van der Waals surface area (Å²) in [5.41, 5.74) is 0. The molecule has 1 heterocycles. The van der Waals surface area contributed by atoms with Crippen LogP contribution in [0.4, 0.5) is 0 Å². The van der Waals surface area contributed by atoms with Gasteiger partial charge in [-0.25, -0.2) is 0 Å². The molecule has 2 nitrogen and oxygen atoms in total. The fourth-order valence-corrected chi connectivity index (χ4v) is 3.19. The van der Waals surface area contributed by atoms with E-state index in [1.807, 2.05) is 0 Å². The molecule has 15 heavy (non-hydrogen) atoms. The fourth-order valence-electron chi connectivity index (χ4n) is 3.19. The third-order valence-electron chi connectivity index (χ3n) is 4.03. The van der Waals surface area contributed by atoms with E-state index < -0.39 is 0 Å². The first kappa shape index (κ1) is 11.4. The molecule has 2 fully saturated rings. The Balaban J connectivity index is 1.82. The summed E-state index contributed by atoms with van der Waals surface area (Å²) in [4.78, 5) is 0. The largest absolute Gasteiger partial charge is 0.378 e. The zero-order valence-electron chi connectivity index (χ0n) is 10.0. The Morgan fingerprint density at radius 2 is 1.93 bits per heavy atom. The van der Waals surface area contributed by atoms with E-state index in [1.54, 1.807) is 0 Å². The molecule has 0 spiro atoms. The van der Waals surface area contributed by atoms with Crippen LogP contribution in [0.5, 0.6) is 0 Å². The summed E-state index contributed by atoms with van der Waals surface area (Å²) in [6, 6.07) is 0. The minimum absolute atomic E-state index is 0.573. The monoisotopic (exact) mass is 211 g/mol. The van der Waals surface area contributed by atoms with Gasteiger partial charge in [-0.15, -0.1) is 0 Å². The van der Waals surface area contributed by atoms with E-state index in [2.05, 4.69) is 12.2 Å². The highest BCUT2D eigenvalue weighted by Gasteiger charge is 2.34. The molecule has 2 rings (SSSR count). The molecule has 0 bridgehead atoms. The lowest BCUT2D eigenvalue weighted by atomic mass is 9.80. The summed E-state index contributed by atoms with van der Waals surface area (Å²) in [5, 5.41) is 3.48. The van der Waals surface area contributed by atoms with Gasteiger partial charge in [0.2, 0.25) is 0 Å². The SMILES string of the molecule is CCNCC1CCOC1C1CCCCC1. The molecule has 2 atom stereocenters. The van der Waals surface area contributed by atoms with Crippen molar-refractivity contribution in [2.75, 3.05) is 19.7 Å². The van der Waals surface area contributed by atoms with Crippen LogP contribution < -0.4 is 5.32 Å². The molecule has 1 saturated carbocycles. The van der Waals surface area contributed by atoms with Crippen molar-refractivity contribution >= 4 is 0 Å². The molecule has 88 valence electrons. The Morgan fingerprint density at radius 1 is 1.13 bits per heavy atom. The molecule has 1 aliphatic carbocycles. The molecule has 1 saturated heterocycles. The Labute approximate surface area is 93.8 Å². The van der Waals surface area contributed by atoms with Crippen LogP contribution in [0.3, 0.4) is 0 Å². The van der Waals surface area contributed by atoms with Crippen molar-refractivity contribution in [1.29, 1.82) is 0 Å². The van der Waals surface area contributed by atoms with Gasteiger partial charge in [0.05, 0.1) is 6.10 Å². The number of hydrogen-bond donors (Lipinski definition) is 1. The van der Waals surface area contributed by atoms with Gasteiger partial charge < -0.3 is 10.1 Å². The highest BCUT2D eigenvalue weighted by Crippen LogP contribution is 2.35. The van der Waals surface area contributed by atoms with Gasteiger partial charge in [-0.3, -0.25) is 0 Å². The Bertz CT molecular complexity index is 177. The molecule has 0 aromatic rings. The fraction of sp³-hybridized carbons (Fsp3) is 1.00. The average Bonchev–Trinajstić information content (AvgIpc) is 2.75. The third-order valence-corrected chi connectivity index (χ3v) is 4.03. The molecule has 0 amide bonds. The van der Waals surface area contributed by atoms with Crippen molar-refractivity contribution in [2.45, 2.75) is 51.6 Å². The van der Waals surface area contributed by atoms with E-state index in [0.29, 0.717) is 6.10 Å². The predicted molar refractivity (Wildman–Crippen MR) is 63.0 cm³/mol. The molecule has 0 radical (unpaired) electrons. The Morgan fingerprint density at radius 3 is 2.67 bits per heavy atom. The zero-order valence-corrected chi connectivity index (χ0v) is 10.0. The van der Waals surface area contributed by atoms with Crippen molar-refractivity contribution in [3.05, 3.63) is 0 Å². The number of nitrogens with one attached hydrogen (secondary N) is 1. The average molecular weight is 211 g/mol. The van der Waals surface area contributed by atoms with Gasteiger partial charge in [0.1, 0.15) is 0 Å². The minimum Gasteiger partial charge on any atom is -0.378 e. The lowest BCUT2D eigenvalue weighted by molar-refractivity contribution is 0.0270. The molecular formula is C13H25NO. The van der Waals surface area contributed by atoms with Crippen LogP contribution >= 0.6 is 0 Å². The molecule has 1 N–H and O–H groups in total. The van der Waals surface area contributed by atoms with E-state index in [0.717, 1.165) is 31.5 Å². The molecule has 2 aliphatic rings. The van der Waals surface area contributed by atoms with E-state index in [4.69, 9.17) is 4.74 Å². The van der Waals surface area contributed by atoms with Crippen molar-refractivity contribution < 1.29 is 4.74 Å². The lowest BCUT2D eigenvalue weighted by Crippen LogP contribution is -2.34. The predicted octanol–water partition coefficient (Wildman–Crippen LogP) is 2.58. The van der Waals surface area contributed by atoms with Crippen molar-refractivity contribution in [3.8, 4) is 0 Å². The summed E-state index contributed by atoms with van der Waals surface area (Å²) in [6.07, 6.45) is 8.97. The third kappa shape index (κ3) is 2.94. The normalized spacial score (nSPS) is 33.4. The van der Waals surface area contributed by atoms with E-state index in [9.17, 15) is 0 Å². The summed E-state index contributed by atoms with van der Waals surface area (Å²) in [5.74, 6) is 1.65. The molecule has 2 heteroatoms. The highest BCUT2D eigenvalue weighted by molar-refractivity contribution is 4.85. The van der Waals surface area contributed by atoms with Crippen LogP contribution in [0.25, 0.3) is 0 Å². The Kier molecular flexibility index (Phi) is 4.45. The first-order valence-electron chi connectivity index (χ1n) is 6.74. The van der Waals surface area contributed by atoms with E-state index in [-0.39, 0.29) is 0 Å². The molecule has 1 aliphatic heterocycles. The second-order valence-electron chi connectivity index (χ2n) is 5.09. The van der Waals surface area contributed by atoms with Crippen molar-refractivity contribution in [3.63, 3.8) is 0 Å². The molecule has 0 aromatic heterocycles. The number of ether oxygens (including phenoxy) is 1. The summed E-state index contributed by atoms with van der Waals surface area (Å²) < 4.78 is 5.96. The number of rotatable bonds is 4. The van der Waals surface area contributed by atoms with Crippen molar-refractivity contribution in [1.82, 2.24) is 5.32 Å². The zero-order chi connectivity index (χ0) is 10.5. The van der Waals surface area contributed by atoms with Crippen LogP contribution in [0.2, 0.25) is 0 Å². The van der Waals surface area contributed by atoms with Gasteiger partial charge >= 0.3 is 0 Å². The number of hydrogen-bond acceptors (Lipinski definition) is 2. The first-order valence-corrected chi connectivity index (χ1v) is 6.74. The first-order chi connectivity index (χ1) is 7.42. The molecule has 2 unspecified atom stereocenters. The standard InChI is InChI=1S/C13H25NO/c1-2-14-10-12-8-9-15-13(12)11-6-4-3-5-7-11/h11-14H,2-10H2,1H3. The minimum atomic E-state index is 0.573. The van der Waals surface area contributed by atoms with Gasteiger partial charge in [-0.1, -0.05) is 26.2 Å². The quantitative estimate of drug-likeness (QED) is 0.771. The van der Waals surface area contributed by atoms with Gasteiger partial charge in [0, 0.05) is 19.1 Å². The maximum absolute atomic E-state index is 5.96. The second kappa shape index (κ2) is 5.86. The van der Waals surface area contributed by atoms with E-state index in [1.165, 1.54) is 38.5 Å². The summed E-state index contributed by atoms with van der Waals surface area (Å²) in [7, 11) is 0. The van der Waals surface area contributed by atoms with Crippen LogP contribution in [-0.4, -0.2) is 25.8 Å². The Hall–Kier alpha value is -0.0800. The van der Waals surface area contributed by atoms with Crippen LogP contribution in [0.15, 0.2) is 0 Å².